The number of anilines is 2. The number of hydrogen-bond acceptors (Lipinski definition) is 8. The minimum absolute atomic E-state index is 0.0258. The zero-order valence-corrected chi connectivity index (χ0v) is 23.8. The van der Waals surface area contributed by atoms with Crippen LogP contribution in [0.4, 0.5) is 16.7 Å². The Hall–Kier alpha value is -3.40. The average molecular weight is 536 g/mol. The standard InChI is InChI=1S/C29H41N7O3/c1-18(2)22-16-25-32-26(30-23(17-38-6)19-10-8-7-9-11-19)33-27(36(25)34-22)31-21-14-12-20-13-15-24(21)35(20)28(37)39-29(3,4)5/h7-11,16,18,20-21,23-24H,12-15,17H2,1-6H3,(H2,30,31,32,33)/t20?,21?,23-,24?/m0/s1. The summed E-state index contributed by atoms with van der Waals surface area (Å²) in [5, 5.41) is 12.0. The van der Waals surface area contributed by atoms with Crippen molar-refractivity contribution in [2.45, 2.75) is 96.0 Å². The number of aromatic nitrogens is 4. The van der Waals surface area contributed by atoms with Crippen LogP contribution >= 0.6 is 0 Å². The first-order chi connectivity index (χ1) is 18.6. The van der Waals surface area contributed by atoms with Crippen LogP contribution < -0.4 is 10.6 Å². The minimum Gasteiger partial charge on any atom is -0.444 e. The zero-order chi connectivity index (χ0) is 27.7. The molecule has 2 aliphatic heterocycles. The maximum Gasteiger partial charge on any atom is 0.410 e. The molecular formula is C29H41N7O3. The second-order valence-corrected chi connectivity index (χ2v) is 11.9. The molecule has 39 heavy (non-hydrogen) atoms. The Balaban J connectivity index is 1.46. The maximum atomic E-state index is 13.1. The topological polar surface area (TPSA) is 106 Å². The van der Waals surface area contributed by atoms with E-state index < -0.39 is 5.60 Å². The third kappa shape index (κ3) is 5.95. The van der Waals surface area contributed by atoms with Crippen LogP contribution in [0.2, 0.25) is 0 Å². The first kappa shape index (κ1) is 27.2. The van der Waals surface area contributed by atoms with Gasteiger partial charge in [0.25, 0.3) is 0 Å². The summed E-state index contributed by atoms with van der Waals surface area (Å²) in [7, 11) is 1.69. The molecule has 1 amide bonds. The molecular weight excluding hydrogens is 494 g/mol. The number of nitrogens with one attached hydrogen (secondary N) is 2. The second kappa shape index (κ2) is 11.0. The lowest BCUT2D eigenvalue weighted by Gasteiger charge is -2.40. The molecule has 10 nitrogen and oxygen atoms in total. The van der Waals surface area contributed by atoms with E-state index in [2.05, 4.69) is 36.6 Å². The summed E-state index contributed by atoms with van der Waals surface area (Å²) in [6.07, 6.45) is 3.55. The predicted octanol–water partition coefficient (Wildman–Crippen LogP) is 5.39. The van der Waals surface area contributed by atoms with Crippen LogP contribution in [0, 0.1) is 0 Å². The van der Waals surface area contributed by atoms with Gasteiger partial charge in [0.1, 0.15) is 5.60 Å². The van der Waals surface area contributed by atoms with Crippen LogP contribution in [0.3, 0.4) is 0 Å². The Kier molecular flexibility index (Phi) is 7.66. The first-order valence-corrected chi connectivity index (χ1v) is 14.0. The summed E-state index contributed by atoms with van der Waals surface area (Å²) in [5.41, 5.74) is 2.22. The molecule has 4 atom stereocenters. The van der Waals surface area contributed by atoms with Gasteiger partial charge in [-0.15, -0.1) is 0 Å². The molecule has 10 heteroatoms. The highest BCUT2D eigenvalue weighted by Gasteiger charge is 2.46. The van der Waals surface area contributed by atoms with Gasteiger partial charge in [-0.3, -0.25) is 0 Å². The van der Waals surface area contributed by atoms with Crippen molar-refractivity contribution in [3.05, 3.63) is 47.7 Å². The fourth-order valence-electron chi connectivity index (χ4n) is 5.66. The number of benzene rings is 1. The van der Waals surface area contributed by atoms with Crippen LogP contribution in [0.5, 0.6) is 0 Å². The van der Waals surface area contributed by atoms with Crippen LogP contribution in [-0.2, 0) is 9.47 Å². The molecule has 0 radical (unpaired) electrons. The number of hydrogen-bond donors (Lipinski definition) is 2. The second-order valence-electron chi connectivity index (χ2n) is 11.9. The van der Waals surface area contributed by atoms with Gasteiger partial charge in [0.15, 0.2) is 5.65 Å². The van der Waals surface area contributed by atoms with Crippen LogP contribution in [-0.4, -0.2) is 68.0 Å². The third-order valence-electron chi connectivity index (χ3n) is 7.51. The molecule has 0 aliphatic carbocycles. The van der Waals surface area contributed by atoms with Crippen LogP contribution in [0.25, 0.3) is 5.65 Å². The van der Waals surface area contributed by atoms with Crippen molar-refractivity contribution in [3.63, 3.8) is 0 Å². The highest BCUT2D eigenvalue weighted by molar-refractivity contribution is 5.70. The van der Waals surface area contributed by atoms with E-state index in [-0.39, 0.29) is 36.2 Å². The van der Waals surface area contributed by atoms with Crippen molar-refractivity contribution in [1.82, 2.24) is 24.5 Å². The van der Waals surface area contributed by atoms with Gasteiger partial charge >= 0.3 is 6.09 Å². The third-order valence-corrected chi connectivity index (χ3v) is 7.51. The summed E-state index contributed by atoms with van der Waals surface area (Å²) in [6.45, 7) is 10.4. The highest BCUT2D eigenvalue weighted by Crippen LogP contribution is 2.38. The number of rotatable bonds is 8. The number of carbonyl (C=O) groups is 1. The molecule has 2 saturated heterocycles. The molecule has 0 saturated carbocycles. The van der Waals surface area contributed by atoms with Gasteiger partial charge in [0.05, 0.1) is 24.4 Å². The Morgan fingerprint density at radius 2 is 1.85 bits per heavy atom. The molecule has 5 rings (SSSR count). The SMILES string of the molecule is COC[C@H](Nc1nc(NC2CCC3CCC2N3C(=O)OC(C)(C)C)n2nc(C(C)C)cc2n1)c1ccccc1. The fourth-order valence-corrected chi connectivity index (χ4v) is 5.66. The van der Waals surface area contributed by atoms with Gasteiger partial charge in [-0.25, -0.2) is 4.79 Å². The summed E-state index contributed by atoms with van der Waals surface area (Å²) in [5.74, 6) is 1.35. The zero-order valence-electron chi connectivity index (χ0n) is 23.8. The normalized spacial score (nSPS) is 21.8. The molecule has 2 bridgehead atoms. The quantitative estimate of drug-likeness (QED) is 0.396. The van der Waals surface area contributed by atoms with E-state index in [1.54, 1.807) is 11.6 Å². The molecule has 2 fully saturated rings. The summed E-state index contributed by atoms with van der Waals surface area (Å²) in [6, 6.07) is 12.3. The number of amides is 1. The van der Waals surface area contributed by atoms with Crippen molar-refractivity contribution in [2.75, 3.05) is 24.4 Å². The number of ether oxygens (including phenoxy) is 2. The number of fused-ring (bicyclic) bond motifs is 3. The molecule has 210 valence electrons. The molecule has 2 N–H and O–H groups in total. The van der Waals surface area contributed by atoms with Crippen LogP contribution in [0.15, 0.2) is 36.4 Å². The molecule has 2 aliphatic rings. The number of carbonyl (C=O) groups excluding carboxylic acids is 1. The maximum absolute atomic E-state index is 13.1. The number of methoxy groups -OCH3 is 1. The Labute approximate surface area is 230 Å². The molecule has 3 aromatic rings. The van der Waals surface area contributed by atoms with Gasteiger partial charge in [0, 0.05) is 25.3 Å². The molecule has 4 heterocycles. The van der Waals surface area contributed by atoms with E-state index in [4.69, 9.17) is 24.5 Å². The molecule has 1 aromatic carbocycles. The van der Waals surface area contributed by atoms with Gasteiger partial charge < -0.3 is 25.0 Å². The first-order valence-electron chi connectivity index (χ1n) is 14.0. The lowest BCUT2D eigenvalue weighted by molar-refractivity contribution is 0.00607. The Morgan fingerprint density at radius 3 is 2.54 bits per heavy atom. The largest absolute Gasteiger partial charge is 0.444 e. The van der Waals surface area contributed by atoms with Crippen molar-refractivity contribution in [3.8, 4) is 0 Å². The van der Waals surface area contributed by atoms with Crippen molar-refractivity contribution < 1.29 is 14.3 Å². The van der Waals surface area contributed by atoms with E-state index in [1.165, 1.54) is 0 Å². The van der Waals surface area contributed by atoms with Crippen molar-refractivity contribution in [1.29, 1.82) is 0 Å². The van der Waals surface area contributed by atoms with E-state index in [1.807, 2.05) is 49.9 Å². The average Bonchev–Trinajstić information content (AvgIpc) is 3.46. The fraction of sp³-hybridized carbons (Fsp3) is 0.586. The predicted molar refractivity (Wildman–Crippen MR) is 151 cm³/mol. The van der Waals surface area contributed by atoms with Crippen molar-refractivity contribution in [2.24, 2.45) is 0 Å². The molecule has 2 aromatic heterocycles. The van der Waals surface area contributed by atoms with Gasteiger partial charge in [-0.2, -0.15) is 19.6 Å². The summed E-state index contributed by atoms with van der Waals surface area (Å²) < 4.78 is 13.1. The highest BCUT2D eigenvalue weighted by atomic mass is 16.6. The lowest BCUT2D eigenvalue weighted by Crippen LogP contribution is -2.54. The summed E-state index contributed by atoms with van der Waals surface area (Å²) >= 11 is 0. The van der Waals surface area contributed by atoms with Gasteiger partial charge in [-0.1, -0.05) is 44.2 Å². The molecule has 0 spiro atoms. The Bertz CT molecular complexity index is 1290. The van der Waals surface area contributed by atoms with E-state index in [0.717, 1.165) is 36.9 Å². The van der Waals surface area contributed by atoms with Gasteiger partial charge in [-0.05, 0) is 57.9 Å². The number of nitrogens with zero attached hydrogens (tertiary/aromatic N) is 5. The van der Waals surface area contributed by atoms with E-state index >= 15 is 0 Å². The monoisotopic (exact) mass is 535 g/mol. The summed E-state index contributed by atoms with van der Waals surface area (Å²) in [4.78, 5) is 24.8. The van der Waals surface area contributed by atoms with Gasteiger partial charge in [0.2, 0.25) is 11.9 Å². The Morgan fingerprint density at radius 1 is 1.10 bits per heavy atom. The number of piperidine rings is 1. The van der Waals surface area contributed by atoms with E-state index in [0.29, 0.717) is 24.2 Å². The lowest BCUT2D eigenvalue weighted by atomic mass is 9.98. The smallest absolute Gasteiger partial charge is 0.410 e. The molecule has 3 unspecified atom stereocenters. The van der Waals surface area contributed by atoms with Crippen LogP contribution in [0.1, 0.15) is 83.5 Å². The van der Waals surface area contributed by atoms with Crippen molar-refractivity contribution >= 4 is 23.6 Å². The van der Waals surface area contributed by atoms with E-state index in [9.17, 15) is 4.79 Å². The minimum atomic E-state index is -0.532.